The van der Waals surface area contributed by atoms with Crippen molar-refractivity contribution in [3.05, 3.63) is 0 Å². The van der Waals surface area contributed by atoms with Crippen molar-refractivity contribution < 1.29 is 4.79 Å². The van der Waals surface area contributed by atoms with E-state index in [0.717, 1.165) is 19.0 Å². The molecule has 0 saturated carbocycles. The molecule has 6 heteroatoms. The van der Waals surface area contributed by atoms with Crippen LogP contribution in [0.1, 0.15) is 40.5 Å². The van der Waals surface area contributed by atoms with Gasteiger partial charge in [0.15, 0.2) is 5.96 Å². The minimum atomic E-state index is -0.462. The predicted octanol–water partition coefficient (Wildman–Crippen LogP) is 0.798. The van der Waals surface area contributed by atoms with Crippen molar-refractivity contribution >= 4 is 11.9 Å². The molecule has 0 aromatic carbocycles. The number of hydrogen-bond donors (Lipinski definition) is 3. The molecule has 0 aliphatic carbocycles. The molecular formula is C16H33N5O. The Morgan fingerprint density at radius 3 is 2.59 bits per heavy atom. The second kappa shape index (κ2) is 8.98. The van der Waals surface area contributed by atoms with Crippen LogP contribution in [0.15, 0.2) is 4.99 Å². The van der Waals surface area contributed by atoms with Gasteiger partial charge in [-0.1, -0.05) is 6.92 Å². The molecule has 6 nitrogen and oxygen atoms in total. The Kier molecular flexibility index (Phi) is 7.65. The Morgan fingerprint density at radius 2 is 2.00 bits per heavy atom. The summed E-state index contributed by atoms with van der Waals surface area (Å²) in [7, 11) is 1.76. The van der Waals surface area contributed by atoms with Gasteiger partial charge in [0.05, 0.1) is 5.41 Å². The first kappa shape index (κ1) is 18.7. The number of likely N-dealkylation sites (tertiary alicyclic amines) is 1. The maximum absolute atomic E-state index is 12.0. The molecule has 128 valence electrons. The van der Waals surface area contributed by atoms with Crippen molar-refractivity contribution in [2.75, 3.05) is 39.8 Å². The fourth-order valence-electron chi connectivity index (χ4n) is 2.76. The van der Waals surface area contributed by atoms with Crippen molar-refractivity contribution in [3.8, 4) is 0 Å². The second-order valence-corrected chi connectivity index (χ2v) is 6.47. The Balaban J connectivity index is 2.41. The maximum atomic E-state index is 12.0. The quantitative estimate of drug-likeness (QED) is 0.480. The van der Waals surface area contributed by atoms with E-state index in [1.54, 1.807) is 7.05 Å². The summed E-state index contributed by atoms with van der Waals surface area (Å²) in [6.45, 7) is 12.4. The fourth-order valence-corrected chi connectivity index (χ4v) is 2.76. The van der Waals surface area contributed by atoms with Gasteiger partial charge < -0.3 is 16.0 Å². The van der Waals surface area contributed by atoms with Crippen molar-refractivity contribution in [2.45, 2.75) is 46.6 Å². The number of amides is 1. The zero-order valence-electron chi connectivity index (χ0n) is 14.8. The lowest BCUT2D eigenvalue weighted by atomic mass is 9.92. The summed E-state index contributed by atoms with van der Waals surface area (Å²) in [5.74, 6) is 0.825. The number of carbonyl (C=O) groups is 1. The van der Waals surface area contributed by atoms with Crippen molar-refractivity contribution in [1.29, 1.82) is 0 Å². The van der Waals surface area contributed by atoms with Gasteiger partial charge in [-0.25, -0.2) is 0 Å². The third kappa shape index (κ3) is 5.48. The molecule has 1 rings (SSSR count). The minimum absolute atomic E-state index is 0.0610. The topological polar surface area (TPSA) is 68.8 Å². The van der Waals surface area contributed by atoms with Gasteiger partial charge in [-0.05, 0) is 46.7 Å². The lowest BCUT2D eigenvalue weighted by Gasteiger charge is -2.26. The minimum Gasteiger partial charge on any atom is -0.356 e. The highest BCUT2D eigenvalue weighted by Crippen LogP contribution is 2.16. The first-order valence-corrected chi connectivity index (χ1v) is 8.41. The Labute approximate surface area is 135 Å². The third-order valence-corrected chi connectivity index (χ3v) is 4.28. The predicted molar refractivity (Wildman–Crippen MR) is 92.1 cm³/mol. The van der Waals surface area contributed by atoms with E-state index in [9.17, 15) is 4.79 Å². The normalized spacial score (nSPS) is 20.0. The van der Waals surface area contributed by atoms with Gasteiger partial charge in [0.25, 0.3) is 0 Å². The van der Waals surface area contributed by atoms with Gasteiger partial charge in [-0.2, -0.15) is 0 Å². The zero-order chi connectivity index (χ0) is 16.6. The van der Waals surface area contributed by atoms with Crippen LogP contribution < -0.4 is 16.0 Å². The highest BCUT2D eigenvalue weighted by molar-refractivity contribution is 5.84. The molecule has 1 heterocycles. The van der Waals surface area contributed by atoms with E-state index in [-0.39, 0.29) is 5.91 Å². The van der Waals surface area contributed by atoms with Crippen LogP contribution in [-0.2, 0) is 4.79 Å². The van der Waals surface area contributed by atoms with E-state index in [1.165, 1.54) is 19.4 Å². The van der Waals surface area contributed by atoms with E-state index in [1.807, 2.05) is 20.8 Å². The number of rotatable bonds is 7. The number of nitrogens with one attached hydrogen (secondary N) is 3. The molecule has 0 aromatic rings. The van der Waals surface area contributed by atoms with Crippen LogP contribution in [0.25, 0.3) is 0 Å². The molecule has 1 atom stereocenters. The first-order chi connectivity index (χ1) is 10.4. The van der Waals surface area contributed by atoms with Gasteiger partial charge >= 0.3 is 0 Å². The third-order valence-electron chi connectivity index (χ3n) is 4.28. The number of aliphatic imine (C=N–C) groups is 1. The van der Waals surface area contributed by atoms with Crippen LogP contribution in [-0.4, -0.2) is 62.6 Å². The highest BCUT2D eigenvalue weighted by atomic mass is 16.2. The van der Waals surface area contributed by atoms with Gasteiger partial charge in [0.1, 0.15) is 0 Å². The van der Waals surface area contributed by atoms with Crippen molar-refractivity contribution in [1.82, 2.24) is 20.9 Å². The van der Waals surface area contributed by atoms with E-state index < -0.39 is 5.41 Å². The number of nitrogens with zero attached hydrogens (tertiary/aromatic N) is 2. The van der Waals surface area contributed by atoms with Crippen LogP contribution in [0.3, 0.4) is 0 Å². The molecule has 1 aliphatic rings. The monoisotopic (exact) mass is 311 g/mol. The van der Waals surface area contributed by atoms with Crippen molar-refractivity contribution in [2.24, 2.45) is 10.4 Å². The van der Waals surface area contributed by atoms with E-state index in [2.05, 4.69) is 32.8 Å². The summed E-state index contributed by atoms with van der Waals surface area (Å²) in [6, 6.07) is 0.583. The zero-order valence-corrected chi connectivity index (χ0v) is 14.8. The average molecular weight is 311 g/mol. The standard InChI is InChI=1S/C16H33N5O/c1-6-18-14(22)16(3,4)12-20-15(17-5)19-11-13-9-8-10-21(13)7-2/h13H,6-12H2,1-5H3,(H,18,22)(H2,17,19,20). The van der Waals surface area contributed by atoms with Crippen LogP contribution in [0.5, 0.6) is 0 Å². The van der Waals surface area contributed by atoms with Gasteiger partial charge in [-0.15, -0.1) is 0 Å². The molecule has 0 radical (unpaired) electrons. The van der Waals surface area contributed by atoms with Crippen LogP contribution in [0, 0.1) is 5.41 Å². The number of guanidine groups is 1. The van der Waals surface area contributed by atoms with Crippen LogP contribution in [0.4, 0.5) is 0 Å². The Hall–Kier alpha value is -1.30. The molecule has 1 fully saturated rings. The molecule has 3 N–H and O–H groups in total. The number of likely N-dealkylation sites (N-methyl/N-ethyl adjacent to an activating group) is 1. The van der Waals surface area contributed by atoms with Gasteiger partial charge in [-0.3, -0.25) is 14.7 Å². The fraction of sp³-hybridized carbons (Fsp3) is 0.875. The molecule has 0 bridgehead atoms. The molecule has 1 saturated heterocycles. The van der Waals surface area contributed by atoms with E-state index in [0.29, 0.717) is 19.1 Å². The lowest BCUT2D eigenvalue weighted by molar-refractivity contribution is -0.128. The van der Waals surface area contributed by atoms with E-state index in [4.69, 9.17) is 0 Å². The number of hydrogen-bond acceptors (Lipinski definition) is 3. The smallest absolute Gasteiger partial charge is 0.227 e. The first-order valence-electron chi connectivity index (χ1n) is 8.41. The second-order valence-electron chi connectivity index (χ2n) is 6.47. The molecular weight excluding hydrogens is 278 g/mol. The molecule has 1 aliphatic heterocycles. The van der Waals surface area contributed by atoms with Crippen LogP contribution in [0.2, 0.25) is 0 Å². The summed E-state index contributed by atoms with van der Waals surface area (Å²) in [5, 5.41) is 9.52. The van der Waals surface area contributed by atoms with Gasteiger partial charge in [0.2, 0.25) is 5.91 Å². The molecule has 1 amide bonds. The molecule has 22 heavy (non-hydrogen) atoms. The molecule has 0 aromatic heterocycles. The van der Waals surface area contributed by atoms with Gasteiger partial charge in [0, 0.05) is 32.7 Å². The summed E-state index contributed by atoms with van der Waals surface area (Å²) in [6.07, 6.45) is 2.51. The average Bonchev–Trinajstić information content (AvgIpc) is 2.95. The SMILES string of the molecule is CCNC(=O)C(C)(C)CNC(=NC)NCC1CCCN1CC. The van der Waals surface area contributed by atoms with Crippen LogP contribution >= 0.6 is 0 Å². The lowest BCUT2D eigenvalue weighted by Crippen LogP contribution is -2.49. The molecule has 0 spiro atoms. The molecule has 1 unspecified atom stereocenters. The number of carbonyl (C=O) groups excluding carboxylic acids is 1. The summed E-state index contributed by atoms with van der Waals surface area (Å²) in [4.78, 5) is 18.7. The maximum Gasteiger partial charge on any atom is 0.227 e. The largest absolute Gasteiger partial charge is 0.356 e. The highest BCUT2D eigenvalue weighted by Gasteiger charge is 2.27. The Morgan fingerprint density at radius 1 is 1.27 bits per heavy atom. The van der Waals surface area contributed by atoms with E-state index >= 15 is 0 Å². The Bertz CT molecular complexity index is 381. The van der Waals surface area contributed by atoms with Crippen molar-refractivity contribution in [3.63, 3.8) is 0 Å². The summed E-state index contributed by atoms with van der Waals surface area (Å²) >= 11 is 0. The summed E-state index contributed by atoms with van der Waals surface area (Å²) < 4.78 is 0. The summed E-state index contributed by atoms with van der Waals surface area (Å²) in [5.41, 5.74) is -0.462.